The van der Waals surface area contributed by atoms with Crippen LogP contribution in [-0.4, -0.2) is 55.4 Å². The summed E-state index contributed by atoms with van der Waals surface area (Å²) in [6.45, 7) is 10.1. The third-order valence-electron chi connectivity index (χ3n) is 6.19. The molecule has 2 aliphatic heterocycles. The Hall–Kier alpha value is -2.35. The molecule has 156 valence electrons. The van der Waals surface area contributed by atoms with Gasteiger partial charge in [-0.15, -0.1) is 0 Å². The molecule has 1 spiro atoms. The maximum absolute atomic E-state index is 12.5. The van der Waals surface area contributed by atoms with Crippen LogP contribution in [0.4, 0.5) is 0 Å². The molecule has 8 nitrogen and oxygen atoms in total. The van der Waals surface area contributed by atoms with Crippen LogP contribution in [0.25, 0.3) is 0 Å². The Morgan fingerprint density at radius 1 is 1.14 bits per heavy atom. The molecule has 29 heavy (non-hydrogen) atoms. The van der Waals surface area contributed by atoms with Crippen LogP contribution in [0, 0.1) is 12.3 Å². The highest BCUT2D eigenvalue weighted by molar-refractivity contribution is 5.77. The van der Waals surface area contributed by atoms with Crippen molar-refractivity contribution in [1.29, 1.82) is 0 Å². The molecule has 0 bridgehead atoms. The van der Waals surface area contributed by atoms with Crippen LogP contribution in [0.3, 0.4) is 0 Å². The van der Waals surface area contributed by atoms with Crippen LogP contribution in [0.5, 0.6) is 0 Å². The molecule has 2 saturated heterocycles. The van der Waals surface area contributed by atoms with Crippen molar-refractivity contribution in [3.63, 3.8) is 0 Å². The predicted octanol–water partition coefficient (Wildman–Crippen LogP) is 2.70. The summed E-state index contributed by atoms with van der Waals surface area (Å²) in [6, 6.07) is 0. The molecule has 2 aromatic heterocycles. The summed E-state index contributed by atoms with van der Waals surface area (Å²) in [5.41, 5.74) is 1.96. The van der Waals surface area contributed by atoms with Crippen LogP contribution in [0.1, 0.15) is 68.6 Å². The molecule has 0 atom stereocenters. The summed E-state index contributed by atoms with van der Waals surface area (Å²) in [4.78, 5) is 30.1. The van der Waals surface area contributed by atoms with Crippen molar-refractivity contribution in [1.82, 2.24) is 29.9 Å². The Kier molecular flexibility index (Phi) is 5.63. The highest BCUT2D eigenvalue weighted by Gasteiger charge is 2.41. The minimum Gasteiger partial charge on any atom is -0.339 e. The van der Waals surface area contributed by atoms with E-state index in [1.165, 1.54) is 0 Å². The molecular formula is C21H30N6O2. The van der Waals surface area contributed by atoms with Gasteiger partial charge in [0.15, 0.2) is 5.82 Å². The Bertz CT molecular complexity index is 839. The zero-order valence-corrected chi connectivity index (χ0v) is 17.6. The Morgan fingerprint density at radius 2 is 1.93 bits per heavy atom. The van der Waals surface area contributed by atoms with Gasteiger partial charge in [0.2, 0.25) is 11.8 Å². The molecule has 0 N–H and O–H groups in total. The molecule has 2 fully saturated rings. The van der Waals surface area contributed by atoms with E-state index >= 15 is 0 Å². The van der Waals surface area contributed by atoms with Gasteiger partial charge in [0.1, 0.15) is 0 Å². The van der Waals surface area contributed by atoms with E-state index in [1.807, 2.05) is 11.8 Å². The Balaban J connectivity index is 1.34. The SMILES string of the molecule is Cc1cnc(CN2CC3(CCC2=O)CCN(Cc2noc(C(C)C)n2)CC3)cn1. The fraction of sp³-hybridized carbons (Fsp3) is 0.667. The molecule has 8 heteroatoms. The third kappa shape index (κ3) is 4.63. The lowest BCUT2D eigenvalue weighted by molar-refractivity contribution is -0.140. The number of aromatic nitrogens is 4. The van der Waals surface area contributed by atoms with Gasteiger partial charge in [0, 0.05) is 25.1 Å². The van der Waals surface area contributed by atoms with Gasteiger partial charge in [-0.3, -0.25) is 19.7 Å². The van der Waals surface area contributed by atoms with Gasteiger partial charge in [0.25, 0.3) is 0 Å². The molecule has 0 unspecified atom stereocenters. The molecule has 2 aliphatic rings. The average molecular weight is 399 g/mol. The minimum absolute atomic E-state index is 0.211. The molecule has 0 aliphatic carbocycles. The number of likely N-dealkylation sites (tertiary alicyclic amines) is 2. The largest absolute Gasteiger partial charge is 0.339 e. The number of aryl methyl sites for hydroxylation is 1. The van der Waals surface area contributed by atoms with Gasteiger partial charge in [-0.2, -0.15) is 4.98 Å². The smallest absolute Gasteiger partial charge is 0.229 e. The van der Waals surface area contributed by atoms with Crippen molar-refractivity contribution in [2.75, 3.05) is 19.6 Å². The number of nitrogens with zero attached hydrogens (tertiary/aromatic N) is 6. The summed E-state index contributed by atoms with van der Waals surface area (Å²) in [7, 11) is 0. The number of carbonyl (C=O) groups is 1. The zero-order valence-electron chi connectivity index (χ0n) is 17.6. The lowest BCUT2D eigenvalue weighted by Crippen LogP contribution is -2.51. The first-order chi connectivity index (χ1) is 13.9. The first-order valence-electron chi connectivity index (χ1n) is 10.5. The second-order valence-corrected chi connectivity index (χ2v) is 8.88. The van der Waals surface area contributed by atoms with E-state index in [0.29, 0.717) is 18.9 Å². The number of carbonyl (C=O) groups excluding carboxylic acids is 1. The van der Waals surface area contributed by atoms with Crippen LogP contribution in [0.2, 0.25) is 0 Å². The van der Waals surface area contributed by atoms with Crippen molar-refractivity contribution in [3.8, 4) is 0 Å². The normalized spacial score (nSPS) is 20.0. The average Bonchev–Trinajstić information content (AvgIpc) is 3.18. The molecule has 0 radical (unpaired) electrons. The monoisotopic (exact) mass is 398 g/mol. The quantitative estimate of drug-likeness (QED) is 0.765. The van der Waals surface area contributed by atoms with E-state index in [2.05, 4.69) is 38.9 Å². The molecule has 4 rings (SSSR count). The van der Waals surface area contributed by atoms with E-state index in [9.17, 15) is 4.79 Å². The number of piperidine rings is 2. The summed E-state index contributed by atoms with van der Waals surface area (Å²) in [5, 5.41) is 4.12. The van der Waals surface area contributed by atoms with Crippen LogP contribution < -0.4 is 0 Å². The van der Waals surface area contributed by atoms with Gasteiger partial charge in [-0.05, 0) is 44.7 Å². The fourth-order valence-electron chi connectivity index (χ4n) is 4.30. The summed E-state index contributed by atoms with van der Waals surface area (Å²) in [5.74, 6) is 1.95. The highest BCUT2D eigenvalue weighted by atomic mass is 16.5. The second-order valence-electron chi connectivity index (χ2n) is 8.88. The first kappa shape index (κ1) is 19.9. The van der Waals surface area contributed by atoms with Crippen molar-refractivity contribution in [2.45, 2.75) is 65.5 Å². The number of hydrogen-bond acceptors (Lipinski definition) is 7. The lowest BCUT2D eigenvalue weighted by atomic mass is 9.72. The van der Waals surface area contributed by atoms with Gasteiger partial charge >= 0.3 is 0 Å². The molecule has 0 saturated carbocycles. The standard InChI is InChI=1S/C21H30N6O2/c1-15(2)20-24-18(25-29-20)13-26-8-6-21(7-9-26)5-4-19(28)27(14-21)12-17-11-22-16(3)10-23-17/h10-11,15H,4-9,12-14H2,1-3H3. The van der Waals surface area contributed by atoms with E-state index in [1.54, 1.807) is 12.4 Å². The topological polar surface area (TPSA) is 88.3 Å². The van der Waals surface area contributed by atoms with Crippen molar-refractivity contribution >= 4 is 5.91 Å². The minimum atomic E-state index is 0.211. The molecular weight excluding hydrogens is 368 g/mol. The van der Waals surface area contributed by atoms with Crippen molar-refractivity contribution in [2.24, 2.45) is 5.41 Å². The van der Waals surface area contributed by atoms with Gasteiger partial charge < -0.3 is 9.42 Å². The molecule has 2 aromatic rings. The van der Waals surface area contributed by atoms with Crippen molar-refractivity contribution in [3.05, 3.63) is 35.5 Å². The lowest BCUT2D eigenvalue weighted by Gasteiger charge is -2.47. The molecule has 1 amide bonds. The van der Waals surface area contributed by atoms with Crippen molar-refractivity contribution < 1.29 is 9.32 Å². The van der Waals surface area contributed by atoms with E-state index in [-0.39, 0.29) is 17.2 Å². The van der Waals surface area contributed by atoms with Gasteiger partial charge in [0.05, 0.1) is 30.7 Å². The summed E-state index contributed by atoms with van der Waals surface area (Å²) >= 11 is 0. The number of amides is 1. The first-order valence-corrected chi connectivity index (χ1v) is 10.5. The number of rotatable bonds is 5. The van der Waals surface area contributed by atoms with Crippen LogP contribution in [0.15, 0.2) is 16.9 Å². The van der Waals surface area contributed by atoms with Gasteiger partial charge in [-0.25, -0.2) is 0 Å². The highest BCUT2D eigenvalue weighted by Crippen LogP contribution is 2.40. The third-order valence-corrected chi connectivity index (χ3v) is 6.19. The summed E-state index contributed by atoms with van der Waals surface area (Å²) < 4.78 is 5.32. The van der Waals surface area contributed by atoms with E-state index in [4.69, 9.17) is 4.52 Å². The maximum Gasteiger partial charge on any atom is 0.229 e. The van der Waals surface area contributed by atoms with E-state index in [0.717, 1.165) is 62.7 Å². The second kappa shape index (κ2) is 8.18. The fourth-order valence-corrected chi connectivity index (χ4v) is 4.30. The predicted molar refractivity (Wildman–Crippen MR) is 107 cm³/mol. The number of hydrogen-bond donors (Lipinski definition) is 0. The zero-order chi connectivity index (χ0) is 20.4. The molecule has 0 aromatic carbocycles. The Morgan fingerprint density at radius 3 is 2.59 bits per heavy atom. The van der Waals surface area contributed by atoms with E-state index < -0.39 is 0 Å². The van der Waals surface area contributed by atoms with Crippen LogP contribution >= 0.6 is 0 Å². The summed E-state index contributed by atoms with van der Waals surface area (Å²) in [6.07, 6.45) is 7.33. The molecule has 4 heterocycles. The maximum atomic E-state index is 12.5. The van der Waals surface area contributed by atoms with Gasteiger partial charge in [-0.1, -0.05) is 19.0 Å². The van der Waals surface area contributed by atoms with Crippen LogP contribution in [-0.2, 0) is 17.9 Å². The Labute approximate surface area is 171 Å².